The van der Waals surface area contributed by atoms with Gasteiger partial charge in [-0.2, -0.15) is 0 Å². The summed E-state index contributed by atoms with van der Waals surface area (Å²) in [6.45, 7) is 4.12. The fourth-order valence-corrected chi connectivity index (χ4v) is 3.30. The van der Waals surface area contributed by atoms with Crippen molar-refractivity contribution in [2.75, 3.05) is 6.54 Å². The normalized spacial score (nSPS) is 12.2. The monoisotopic (exact) mass is 299 g/mol. The molecule has 0 aliphatic heterocycles. The van der Waals surface area contributed by atoms with Crippen molar-refractivity contribution in [2.45, 2.75) is 38.1 Å². The second-order valence-electron chi connectivity index (χ2n) is 4.56. The predicted molar refractivity (Wildman–Crippen MR) is 74.6 cm³/mol. The van der Waals surface area contributed by atoms with E-state index < -0.39 is 15.8 Å². The predicted octanol–water partition coefficient (Wildman–Crippen LogP) is 2.11. The van der Waals surface area contributed by atoms with Crippen molar-refractivity contribution >= 4 is 15.5 Å². The maximum absolute atomic E-state index is 14.0. The second-order valence-corrected chi connectivity index (χ2v) is 6.24. The highest BCUT2D eigenvalue weighted by molar-refractivity contribution is 7.89. The van der Waals surface area contributed by atoms with Gasteiger partial charge in [-0.25, -0.2) is 22.5 Å². The van der Waals surface area contributed by atoms with E-state index in [1.54, 1.807) is 12.3 Å². The van der Waals surface area contributed by atoms with Gasteiger partial charge >= 0.3 is 0 Å². The van der Waals surface area contributed by atoms with E-state index >= 15 is 0 Å². The van der Waals surface area contributed by atoms with Gasteiger partial charge in [0.1, 0.15) is 17.2 Å². The average Bonchev–Trinajstić information content (AvgIpc) is 2.78. The van der Waals surface area contributed by atoms with E-state index in [2.05, 4.69) is 9.71 Å². The van der Waals surface area contributed by atoms with Crippen molar-refractivity contribution in [3.63, 3.8) is 0 Å². The zero-order valence-corrected chi connectivity index (χ0v) is 12.4. The van der Waals surface area contributed by atoms with Crippen LogP contribution in [0, 0.1) is 5.82 Å². The number of sulfonamides is 1. The van der Waals surface area contributed by atoms with Gasteiger partial charge in [-0.3, -0.25) is 4.40 Å². The third-order valence-corrected chi connectivity index (χ3v) is 4.30. The largest absolute Gasteiger partial charge is 0.300 e. The average molecular weight is 299 g/mol. The quantitative estimate of drug-likeness (QED) is 0.888. The molecule has 2 aromatic rings. The molecule has 0 saturated heterocycles. The van der Waals surface area contributed by atoms with Gasteiger partial charge in [0.2, 0.25) is 0 Å². The molecule has 0 bridgehead atoms. The molecule has 2 aromatic heterocycles. The number of fused-ring (bicyclic) bond motifs is 1. The van der Waals surface area contributed by atoms with Crippen LogP contribution in [0.3, 0.4) is 0 Å². The number of rotatable bonds is 6. The number of nitrogens with zero attached hydrogens (tertiary/aromatic N) is 2. The molecule has 2 rings (SSSR count). The van der Waals surface area contributed by atoms with Crippen molar-refractivity contribution < 1.29 is 12.8 Å². The Kier molecular flexibility index (Phi) is 4.39. The molecule has 0 aromatic carbocycles. The van der Waals surface area contributed by atoms with Gasteiger partial charge in [-0.1, -0.05) is 13.8 Å². The van der Waals surface area contributed by atoms with E-state index in [-0.39, 0.29) is 10.5 Å². The summed E-state index contributed by atoms with van der Waals surface area (Å²) in [5.41, 5.74) is 0.0135. The van der Waals surface area contributed by atoms with Crippen molar-refractivity contribution in [1.82, 2.24) is 14.1 Å². The first-order valence-electron chi connectivity index (χ1n) is 6.66. The summed E-state index contributed by atoms with van der Waals surface area (Å²) >= 11 is 0. The van der Waals surface area contributed by atoms with Crippen LogP contribution in [-0.4, -0.2) is 24.3 Å². The molecule has 0 fully saturated rings. The maximum atomic E-state index is 14.0. The number of aryl methyl sites for hydroxylation is 1. The Labute approximate surface area is 117 Å². The number of hydrogen-bond acceptors (Lipinski definition) is 3. The fourth-order valence-electron chi connectivity index (χ4n) is 2.02. The minimum atomic E-state index is -3.79. The highest BCUT2D eigenvalue weighted by Gasteiger charge is 2.24. The Balaban J connectivity index is 2.64. The first kappa shape index (κ1) is 14.9. The molecule has 7 heteroatoms. The van der Waals surface area contributed by atoms with Gasteiger partial charge in [0.05, 0.1) is 0 Å². The lowest BCUT2D eigenvalue weighted by Gasteiger charge is -2.03. The van der Waals surface area contributed by atoms with Crippen molar-refractivity contribution in [3.05, 3.63) is 30.0 Å². The lowest BCUT2D eigenvalue weighted by atomic mass is 10.3. The van der Waals surface area contributed by atoms with E-state index in [0.717, 1.165) is 6.42 Å². The summed E-state index contributed by atoms with van der Waals surface area (Å²) in [5, 5.41) is -0.229. The van der Waals surface area contributed by atoms with Crippen LogP contribution in [0.1, 0.15) is 32.5 Å². The highest BCUT2D eigenvalue weighted by Crippen LogP contribution is 2.21. The third-order valence-electron chi connectivity index (χ3n) is 2.93. The van der Waals surface area contributed by atoms with E-state index in [9.17, 15) is 12.8 Å². The lowest BCUT2D eigenvalue weighted by Crippen LogP contribution is -2.25. The molecular formula is C13H18FN3O2S. The molecular weight excluding hydrogens is 281 g/mol. The number of pyridine rings is 1. The molecule has 0 radical (unpaired) electrons. The van der Waals surface area contributed by atoms with Crippen molar-refractivity contribution in [1.29, 1.82) is 0 Å². The molecule has 0 unspecified atom stereocenters. The summed E-state index contributed by atoms with van der Waals surface area (Å²) in [7, 11) is -3.79. The molecule has 0 spiro atoms. The van der Waals surface area contributed by atoms with E-state index in [1.807, 2.05) is 13.8 Å². The van der Waals surface area contributed by atoms with Gasteiger partial charge in [0, 0.05) is 19.2 Å². The summed E-state index contributed by atoms with van der Waals surface area (Å²) in [6.07, 6.45) is 3.69. The Bertz CT molecular complexity index is 710. The molecule has 0 atom stereocenters. The molecule has 5 nitrogen and oxygen atoms in total. The molecule has 110 valence electrons. The molecule has 0 aliphatic carbocycles. The van der Waals surface area contributed by atoms with Crippen molar-refractivity contribution in [2.24, 2.45) is 0 Å². The molecule has 20 heavy (non-hydrogen) atoms. The van der Waals surface area contributed by atoms with Gasteiger partial charge in [0.15, 0.2) is 5.03 Å². The van der Waals surface area contributed by atoms with E-state index in [4.69, 9.17) is 0 Å². The van der Waals surface area contributed by atoms with Crippen LogP contribution >= 0.6 is 0 Å². The van der Waals surface area contributed by atoms with Gasteiger partial charge in [-0.05, 0) is 25.0 Å². The number of imidazole rings is 1. The summed E-state index contributed by atoms with van der Waals surface area (Å²) in [4.78, 5) is 4.14. The minimum Gasteiger partial charge on any atom is -0.300 e. The summed E-state index contributed by atoms with van der Waals surface area (Å²) < 4.78 is 42.4. The topological polar surface area (TPSA) is 63.5 Å². The van der Waals surface area contributed by atoms with E-state index in [1.165, 1.54) is 10.5 Å². The summed E-state index contributed by atoms with van der Waals surface area (Å²) in [5.74, 6) is -0.0295. The standard InChI is InChI=1S/C13H18FN3O2S/c1-3-6-11-16-13(20(18,19)15-8-4-2)12-10(14)7-5-9-17(11)12/h5,7,9,15H,3-4,6,8H2,1-2H3. The first-order valence-corrected chi connectivity index (χ1v) is 8.14. The molecule has 2 heterocycles. The molecule has 1 N–H and O–H groups in total. The SMILES string of the molecule is CCCNS(=O)(=O)c1nc(CCC)n2cccc(F)c12. The third kappa shape index (κ3) is 2.69. The van der Waals surface area contributed by atoms with Crippen LogP contribution in [0.25, 0.3) is 5.52 Å². The number of hydrogen-bond donors (Lipinski definition) is 1. The van der Waals surface area contributed by atoms with Gasteiger partial charge in [0.25, 0.3) is 10.0 Å². The van der Waals surface area contributed by atoms with Crippen LogP contribution in [0.4, 0.5) is 4.39 Å². The molecule has 0 aliphatic rings. The second kappa shape index (κ2) is 5.88. The minimum absolute atomic E-state index is 0.0135. The number of nitrogens with one attached hydrogen (secondary N) is 1. The van der Waals surface area contributed by atoms with Crippen LogP contribution in [0.5, 0.6) is 0 Å². The first-order chi connectivity index (χ1) is 9.51. The van der Waals surface area contributed by atoms with Crippen molar-refractivity contribution in [3.8, 4) is 0 Å². The van der Waals surface area contributed by atoms with Crippen LogP contribution in [0.15, 0.2) is 23.4 Å². The Morgan fingerprint density at radius 3 is 2.75 bits per heavy atom. The number of halogens is 1. The highest BCUT2D eigenvalue weighted by atomic mass is 32.2. The zero-order valence-electron chi connectivity index (χ0n) is 11.6. The fraction of sp³-hybridized carbons (Fsp3) is 0.462. The number of aromatic nitrogens is 2. The Morgan fingerprint density at radius 2 is 2.10 bits per heavy atom. The Hall–Kier alpha value is -1.47. The maximum Gasteiger partial charge on any atom is 0.260 e. The van der Waals surface area contributed by atoms with Gasteiger partial charge in [-0.15, -0.1) is 0 Å². The van der Waals surface area contributed by atoms with Crippen LogP contribution in [-0.2, 0) is 16.4 Å². The molecule has 0 amide bonds. The van der Waals surface area contributed by atoms with Crippen LogP contribution < -0.4 is 4.72 Å². The van der Waals surface area contributed by atoms with Gasteiger partial charge < -0.3 is 0 Å². The Morgan fingerprint density at radius 1 is 1.35 bits per heavy atom. The zero-order chi connectivity index (χ0) is 14.8. The summed E-state index contributed by atoms with van der Waals surface area (Å²) in [6, 6.07) is 2.78. The van der Waals surface area contributed by atoms with Crippen LogP contribution in [0.2, 0.25) is 0 Å². The lowest BCUT2D eigenvalue weighted by molar-refractivity contribution is 0.576. The van der Waals surface area contributed by atoms with E-state index in [0.29, 0.717) is 25.2 Å². The smallest absolute Gasteiger partial charge is 0.260 e. The molecule has 0 saturated carbocycles.